The third-order valence-corrected chi connectivity index (χ3v) is 3.46. The Morgan fingerprint density at radius 1 is 1.11 bits per heavy atom. The largest absolute Gasteiger partial charge is 0.573 e. The smallest absolute Gasteiger partial charge is 0.406 e. The maximum Gasteiger partial charge on any atom is 0.573 e. The van der Waals surface area contributed by atoms with E-state index in [4.69, 9.17) is 0 Å². The minimum atomic E-state index is -4.85. The van der Waals surface area contributed by atoms with Gasteiger partial charge in [-0.1, -0.05) is 0 Å². The van der Waals surface area contributed by atoms with Gasteiger partial charge in [0.15, 0.2) is 0 Å². The average molecular weight is 401 g/mol. The van der Waals surface area contributed by atoms with Crippen LogP contribution >= 0.6 is 0 Å². The molecule has 0 aliphatic carbocycles. The number of rotatable bonds is 4. The van der Waals surface area contributed by atoms with Gasteiger partial charge in [0, 0.05) is 19.4 Å². The molecule has 0 radical (unpaired) electrons. The highest BCUT2D eigenvalue weighted by atomic mass is 19.4. The van der Waals surface area contributed by atoms with Gasteiger partial charge in [-0.25, -0.2) is 0 Å². The number of nitrogens with zero attached hydrogens (tertiary/aromatic N) is 4. The van der Waals surface area contributed by atoms with Gasteiger partial charge in [-0.15, -0.1) is 23.4 Å². The first-order valence-electron chi connectivity index (χ1n) is 7.72. The molecule has 0 aliphatic heterocycles. The Morgan fingerprint density at radius 3 is 2.29 bits per heavy atom. The lowest BCUT2D eigenvalue weighted by Gasteiger charge is -2.12. The van der Waals surface area contributed by atoms with Crippen LogP contribution in [0.2, 0.25) is 0 Å². The predicted molar refractivity (Wildman–Crippen MR) is 86.8 cm³/mol. The van der Waals surface area contributed by atoms with Gasteiger partial charge >= 0.3 is 12.3 Å². The number of alkyl halides is 5. The molecule has 2 heterocycles. The Balaban J connectivity index is 2.11. The van der Waals surface area contributed by atoms with Gasteiger partial charge < -0.3 is 10.1 Å². The monoisotopic (exact) mass is 401 g/mol. The average Bonchev–Trinajstić information content (AvgIpc) is 2.98. The molecular weight excluding hydrogens is 389 g/mol. The number of carbonyl (C=O) groups is 1. The third-order valence-electron chi connectivity index (χ3n) is 3.46. The molecular formula is C16H12F5N5O2. The quantitative estimate of drug-likeness (QED) is 0.674. The summed E-state index contributed by atoms with van der Waals surface area (Å²) in [5.41, 5.74) is 0.353. The fourth-order valence-electron chi connectivity index (χ4n) is 2.40. The van der Waals surface area contributed by atoms with Crippen LogP contribution < -0.4 is 10.1 Å². The second kappa shape index (κ2) is 6.69. The summed E-state index contributed by atoms with van der Waals surface area (Å²) < 4.78 is 68.9. The van der Waals surface area contributed by atoms with E-state index >= 15 is 0 Å². The summed E-state index contributed by atoms with van der Waals surface area (Å²) in [7, 11) is 0. The van der Waals surface area contributed by atoms with Crippen LogP contribution in [-0.2, 0) is 10.7 Å². The number of amides is 1. The summed E-state index contributed by atoms with van der Waals surface area (Å²) in [4.78, 5) is 11.4. The first-order chi connectivity index (χ1) is 12.9. The summed E-state index contributed by atoms with van der Waals surface area (Å²) >= 11 is 0. The molecule has 0 aliphatic rings. The Bertz CT molecular complexity index is 1020. The number of carbonyl (C=O) groups excluding carboxylic acids is 1. The molecule has 1 aromatic carbocycles. The minimum absolute atomic E-state index is 0.0659. The van der Waals surface area contributed by atoms with E-state index in [0.29, 0.717) is 12.5 Å². The molecule has 0 spiro atoms. The van der Waals surface area contributed by atoms with Crippen molar-refractivity contribution in [2.75, 3.05) is 5.32 Å². The summed E-state index contributed by atoms with van der Waals surface area (Å²) in [6.07, 6.45) is -4.85. The van der Waals surface area contributed by atoms with Crippen LogP contribution in [0, 0.1) is 0 Å². The molecule has 0 saturated heterocycles. The van der Waals surface area contributed by atoms with Crippen LogP contribution in [0.4, 0.5) is 27.6 Å². The number of halogens is 5. The van der Waals surface area contributed by atoms with Crippen molar-refractivity contribution in [3.8, 4) is 17.0 Å². The van der Waals surface area contributed by atoms with E-state index in [1.807, 2.05) is 0 Å². The number of fused-ring (bicyclic) bond motifs is 1. The minimum Gasteiger partial charge on any atom is -0.406 e. The molecule has 0 saturated carbocycles. The zero-order valence-corrected chi connectivity index (χ0v) is 14.4. The van der Waals surface area contributed by atoms with Crippen molar-refractivity contribution in [1.29, 1.82) is 0 Å². The molecule has 148 valence electrons. The van der Waals surface area contributed by atoms with Crippen molar-refractivity contribution in [2.45, 2.75) is 26.1 Å². The zero-order valence-electron chi connectivity index (χ0n) is 14.4. The molecule has 7 nitrogen and oxygen atoms in total. The number of benzene rings is 1. The molecule has 3 rings (SSSR count). The Labute approximate surface area is 154 Å². The maximum absolute atomic E-state index is 13.8. The van der Waals surface area contributed by atoms with Crippen LogP contribution in [0.5, 0.6) is 5.75 Å². The van der Waals surface area contributed by atoms with Crippen LogP contribution in [-0.4, -0.2) is 32.1 Å². The van der Waals surface area contributed by atoms with Crippen LogP contribution in [0.1, 0.15) is 19.7 Å². The van der Waals surface area contributed by atoms with Crippen molar-refractivity contribution in [1.82, 2.24) is 19.8 Å². The van der Waals surface area contributed by atoms with Crippen molar-refractivity contribution in [2.24, 2.45) is 0 Å². The maximum atomic E-state index is 13.8. The van der Waals surface area contributed by atoms with Gasteiger partial charge in [0.2, 0.25) is 17.4 Å². The summed E-state index contributed by atoms with van der Waals surface area (Å²) in [5.74, 6) is -5.07. The first kappa shape index (κ1) is 19.5. The highest BCUT2D eigenvalue weighted by Crippen LogP contribution is 2.31. The van der Waals surface area contributed by atoms with Crippen molar-refractivity contribution < 1.29 is 31.5 Å². The lowest BCUT2D eigenvalue weighted by molar-refractivity contribution is -0.274. The second-order valence-corrected chi connectivity index (χ2v) is 5.84. The van der Waals surface area contributed by atoms with E-state index in [-0.39, 0.29) is 17.0 Å². The van der Waals surface area contributed by atoms with E-state index in [2.05, 4.69) is 25.3 Å². The van der Waals surface area contributed by atoms with Crippen LogP contribution in [0.15, 0.2) is 30.3 Å². The predicted octanol–water partition coefficient (Wildman–Crippen LogP) is 3.76. The summed E-state index contributed by atoms with van der Waals surface area (Å²) in [6.45, 7) is 1.82. The van der Waals surface area contributed by atoms with Gasteiger partial charge in [0.1, 0.15) is 5.75 Å². The summed E-state index contributed by atoms with van der Waals surface area (Å²) in [6, 6.07) is 5.98. The van der Waals surface area contributed by atoms with E-state index in [1.54, 1.807) is 0 Å². The fourth-order valence-corrected chi connectivity index (χ4v) is 2.40. The van der Waals surface area contributed by atoms with Gasteiger partial charge in [-0.3, -0.25) is 4.79 Å². The lowest BCUT2D eigenvalue weighted by atomic mass is 10.1. The number of anilines is 1. The number of hydrogen-bond donors (Lipinski definition) is 1. The Hall–Kier alpha value is -3.31. The standard InChI is InChI=1S/C16H12F5N5O2/c1-8(27)22-12-7-11(9-3-5-10(6-4-9)28-16(19,20)21)25-26-13(12)23-24-14(26)15(2,17)18/h3-7H,1-2H3,(H,22,27). The molecule has 0 fully saturated rings. The van der Waals surface area contributed by atoms with Crippen LogP contribution in [0.25, 0.3) is 16.9 Å². The molecule has 1 N–H and O–H groups in total. The SMILES string of the molecule is CC(=O)Nc1cc(-c2ccc(OC(F)(F)F)cc2)nn2c(C(C)(F)F)nnc12. The molecule has 3 aromatic rings. The highest BCUT2D eigenvalue weighted by molar-refractivity contribution is 5.93. The number of ether oxygens (including phenoxy) is 1. The van der Waals surface area contributed by atoms with Crippen molar-refractivity contribution >= 4 is 17.2 Å². The van der Waals surface area contributed by atoms with E-state index in [1.165, 1.54) is 25.1 Å². The van der Waals surface area contributed by atoms with Gasteiger partial charge in [0.25, 0.3) is 0 Å². The second-order valence-electron chi connectivity index (χ2n) is 5.84. The number of hydrogen-bond acceptors (Lipinski definition) is 5. The van der Waals surface area contributed by atoms with Crippen molar-refractivity contribution in [3.05, 3.63) is 36.2 Å². The molecule has 0 atom stereocenters. The Morgan fingerprint density at radius 2 is 1.75 bits per heavy atom. The van der Waals surface area contributed by atoms with E-state index in [9.17, 15) is 26.7 Å². The molecule has 1 amide bonds. The molecule has 2 aromatic heterocycles. The normalized spacial score (nSPS) is 12.2. The highest BCUT2D eigenvalue weighted by Gasteiger charge is 2.33. The number of aromatic nitrogens is 4. The Kier molecular flexibility index (Phi) is 4.65. The molecule has 12 heteroatoms. The molecule has 28 heavy (non-hydrogen) atoms. The van der Waals surface area contributed by atoms with Crippen molar-refractivity contribution in [3.63, 3.8) is 0 Å². The number of nitrogens with one attached hydrogen (secondary N) is 1. The van der Waals surface area contributed by atoms with E-state index in [0.717, 1.165) is 16.6 Å². The van der Waals surface area contributed by atoms with Gasteiger partial charge in [-0.05, 0) is 30.3 Å². The summed E-state index contributed by atoms with van der Waals surface area (Å²) in [5, 5.41) is 13.6. The topological polar surface area (TPSA) is 81.4 Å². The molecule has 0 bridgehead atoms. The van der Waals surface area contributed by atoms with E-state index < -0.39 is 29.8 Å². The van der Waals surface area contributed by atoms with Gasteiger partial charge in [0.05, 0.1) is 11.4 Å². The van der Waals surface area contributed by atoms with Gasteiger partial charge in [-0.2, -0.15) is 18.4 Å². The zero-order chi connectivity index (χ0) is 20.7. The fraction of sp³-hybridized carbons (Fsp3) is 0.250. The third kappa shape index (κ3) is 4.15. The molecule has 0 unspecified atom stereocenters. The lowest BCUT2D eigenvalue weighted by Crippen LogP contribution is -2.17. The van der Waals surface area contributed by atoms with Crippen LogP contribution in [0.3, 0.4) is 0 Å². The first-order valence-corrected chi connectivity index (χ1v) is 7.72.